The first-order valence-corrected chi connectivity index (χ1v) is 18.2. The summed E-state index contributed by atoms with van der Waals surface area (Å²) in [5.74, 6) is 4.07. The molecule has 0 atom stereocenters. The molecule has 0 saturated carbocycles. The second-order valence-electron chi connectivity index (χ2n) is 12.4. The van der Waals surface area contributed by atoms with Gasteiger partial charge in [-0.05, 0) is 127 Å². The van der Waals surface area contributed by atoms with E-state index in [0.717, 1.165) is 34.6 Å². The highest BCUT2D eigenvalue weighted by Crippen LogP contribution is 2.24. The van der Waals surface area contributed by atoms with Gasteiger partial charge in [-0.2, -0.15) is 10.1 Å². The Morgan fingerprint density at radius 1 is 0.500 bits per heavy atom. The van der Waals surface area contributed by atoms with Crippen molar-refractivity contribution in [1.82, 2.24) is 39.4 Å². The number of imidazole rings is 1. The summed E-state index contributed by atoms with van der Waals surface area (Å²) >= 11 is 3.65. The molecule has 276 valence electrons. The molecule has 6 rings (SSSR count). The number of aromatic nitrogens is 8. The van der Waals surface area contributed by atoms with Crippen LogP contribution in [0.15, 0.2) is 8.94 Å². The first-order chi connectivity index (χ1) is 23.1. The van der Waals surface area contributed by atoms with Crippen LogP contribution in [-0.4, -0.2) is 39.4 Å². The van der Waals surface area contributed by atoms with Crippen LogP contribution in [0.2, 0.25) is 0 Å². The predicted molar refractivity (Wildman–Crippen MR) is 209 cm³/mol. The van der Waals surface area contributed by atoms with Gasteiger partial charge in [0.15, 0.2) is 11.7 Å². The number of hydrogen-bond donors (Lipinski definition) is 0. The van der Waals surface area contributed by atoms with Gasteiger partial charge < -0.3 is 13.5 Å². The smallest absolute Gasteiger partial charge is 0.223 e. The van der Waals surface area contributed by atoms with E-state index in [1.165, 1.54) is 53.4 Å². The van der Waals surface area contributed by atoms with E-state index in [-0.39, 0.29) is 0 Å². The molecule has 0 aliphatic rings. The van der Waals surface area contributed by atoms with E-state index >= 15 is 0 Å². The SMILES string of the molecule is Cc1nc(C)c(C)o1.Cc1nc(C)c(C)s1.Cc1nc(C)n(C)c1C.Cc1nn(C)c(C)c1C.Cc1noc(C)n1.Cc1sc(C)c(C)c1C. The maximum absolute atomic E-state index is 5.10. The summed E-state index contributed by atoms with van der Waals surface area (Å²) in [5.41, 5.74) is 11.2. The molecule has 10 nitrogen and oxygen atoms in total. The number of hydrogen-bond acceptors (Lipinski definition) is 10. The number of aryl methyl sites for hydroxylation is 14. The highest BCUT2D eigenvalue weighted by atomic mass is 32.1. The molecule has 0 aliphatic carbocycles. The summed E-state index contributed by atoms with van der Waals surface area (Å²) in [6.07, 6.45) is 0. The summed E-state index contributed by atoms with van der Waals surface area (Å²) in [4.78, 5) is 20.6. The van der Waals surface area contributed by atoms with Crippen molar-refractivity contribution >= 4 is 22.7 Å². The molecule has 0 aliphatic heterocycles. The number of rotatable bonds is 0. The van der Waals surface area contributed by atoms with E-state index in [4.69, 9.17) is 4.42 Å². The molecule has 0 aromatic carbocycles. The highest BCUT2D eigenvalue weighted by molar-refractivity contribution is 7.12. The molecule has 0 saturated heterocycles. The average Bonchev–Trinajstić information content (AvgIpc) is 3.81. The summed E-state index contributed by atoms with van der Waals surface area (Å²) < 4.78 is 13.7. The molecule has 6 heterocycles. The molecule has 0 bridgehead atoms. The lowest BCUT2D eigenvalue weighted by Gasteiger charge is -1.94. The lowest BCUT2D eigenvalue weighted by atomic mass is 10.2. The van der Waals surface area contributed by atoms with E-state index in [0.29, 0.717) is 11.7 Å². The largest absolute Gasteiger partial charge is 0.446 e. The lowest BCUT2D eigenvalue weighted by Crippen LogP contribution is -1.92. The zero-order valence-corrected chi connectivity index (χ0v) is 35.8. The van der Waals surface area contributed by atoms with Crippen molar-refractivity contribution in [3.63, 3.8) is 0 Å². The van der Waals surface area contributed by atoms with Gasteiger partial charge in [0, 0.05) is 54.0 Å². The third-order valence-corrected chi connectivity index (χ3v) is 10.8. The first kappa shape index (κ1) is 44.1. The molecule has 0 fully saturated rings. The van der Waals surface area contributed by atoms with Crippen molar-refractivity contribution in [2.75, 3.05) is 0 Å². The number of oxazole rings is 1. The Bertz CT molecular complexity index is 1640. The third-order valence-electron chi connectivity index (χ3n) is 8.54. The molecule has 6 aromatic heterocycles. The van der Waals surface area contributed by atoms with Crippen molar-refractivity contribution in [1.29, 1.82) is 0 Å². The van der Waals surface area contributed by atoms with Gasteiger partial charge >= 0.3 is 0 Å². The van der Waals surface area contributed by atoms with Crippen LogP contribution in [0.1, 0.15) is 99.7 Å². The van der Waals surface area contributed by atoms with Gasteiger partial charge in [0.2, 0.25) is 5.89 Å². The summed E-state index contributed by atoms with van der Waals surface area (Å²) in [6.45, 7) is 36.5. The zero-order chi connectivity index (χ0) is 38.6. The van der Waals surface area contributed by atoms with E-state index in [1.54, 1.807) is 25.2 Å². The van der Waals surface area contributed by atoms with Crippen LogP contribution in [0.4, 0.5) is 0 Å². The summed E-state index contributed by atoms with van der Waals surface area (Å²) in [5, 5.41) is 8.92. The quantitative estimate of drug-likeness (QED) is 0.152. The average molecular weight is 725 g/mol. The maximum Gasteiger partial charge on any atom is 0.223 e. The second kappa shape index (κ2) is 20.1. The van der Waals surface area contributed by atoms with E-state index in [9.17, 15) is 0 Å². The Morgan fingerprint density at radius 2 is 1.06 bits per heavy atom. The van der Waals surface area contributed by atoms with Crippen molar-refractivity contribution in [2.45, 2.75) is 125 Å². The van der Waals surface area contributed by atoms with Gasteiger partial charge in [-0.25, -0.2) is 15.0 Å². The Labute approximate surface area is 308 Å². The number of thiophene rings is 1. The summed E-state index contributed by atoms with van der Waals surface area (Å²) in [6, 6.07) is 0. The zero-order valence-electron chi connectivity index (χ0n) is 34.2. The monoisotopic (exact) mass is 724 g/mol. The number of nitrogens with zero attached hydrogens (tertiary/aromatic N) is 8. The minimum Gasteiger partial charge on any atom is -0.446 e. The molecule has 0 N–H and O–H groups in total. The minimum absolute atomic E-state index is 0.623. The fourth-order valence-electron chi connectivity index (χ4n) is 4.34. The van der Waals surface area contributed by atoms with Gasteiger partial charge in [-0.3, -0.25) is 4.68 Å². The van der Waals surface area contributed by atoms with Crippen molar-refractivity contribution in [2.24, 2.45) is 14.1 Å². The Hall–Kier alpha value is -3.90. The fraction of sp³-hybridized carbons (Fsp3) is 0.526. The Morgan fingerprint density at radius 3 is 1.18 bits per heavy atom. The van der Waals surface area contributed by atoms with Crippen molar-refractivity contribution < 1.29 is 8.94 Å². The van der Waals surface area contributed by atoms with Crippen LogP contribution in [0.3, 0.4) is 0 Å². The van der Waals surface area contributed by atoms with E-state index in [2.05, 4.69) is 94.7 Å². The lowest BCUT2D eigenvalue weighted by molar-refractivity contribution is 0.389. The molecule has 50 heavy (non-hydrogen) atoms. The van der Waals surface area contributed by atoms with E-state index in [1.807, 2.05) is 85.5 Å². The van der Waals surface area contributed by atoms with Crippen LogP contribution < -0.4 is 0 Å². The van der Waals surface area contributed by atoms with Gasteiger partial charge in [-0.15, -0.1) is 22.7 Å². The van der Waals surface area contributed by atoms with Crippen LogP contribution in [0.5, 0.6) is 0 Å². The van der Waals surface area contributed by atoms with Crippen LogP contribution in [0, 0.1) is 125 Å². The van der Waals surface area contributed by atoms with Gasteiger partial charge in [-0.1, -0.05) is 5.16 Å². The van der Waals surface area contributed by atoms with Gasteiger partial charge in [0.25, 0.3) is 0 Å². The first-order valence-electron chi connectivity index (χ1n) is 16.6. The number of thiazole rings is 1. The van der Waals surface area contributed by atoms with Gasteiger partial charge in [0.1, 0.15) is 11.6 Å². The molecule has 6 aromatic rings. The maximum atomic E-state index is 5.10. The molecule has 0 unspecified atom stereocenters. The van der Waals surface area contributed by atoms with Crippen molar-refractivity contribution in [3.05, 3.63) is 99.7 Å². The Balaban J connectivity index is 0.000000301. The molecule has 0 amide bonds. The van der Waals surface area contributed by atoms with Crippen LogP contribution in [-0.2, 0) is 14.1 Å². The second-order valence-corrected chi connectivity index (χ2v) is 15.2. The van der Waals surface area contributed by atoms with Crippen LogP contribution >= 0.6 is 22.7 Å². The molecular weight excluding hydrogens is 665 g/mol. The molecule has 0 radical (unpaired) electrons. The predicted octanol–water partition coefficient (Wildman–Crippen LogP) is 10.0. The standard InChI is InChI=1S/C8H12S.2C7H12N2.C6H9NO.C6H9NS.C4H6N2O/c1-5-6(2)8(4)9-7(5)3;1-5-6(2)9(4)7(3)8-5;1-5-6(2)8-9(4)7(5)3;2*1-4-5(2)8-6(3)7-4;1-3-5-4(2)7-6-3/h3*1-4H3;2*1-3H3;1-2H3. The molecule has 12 heteroatoms. The fourth-order valence-corrected chi connectivity index (χ4v) is 6.23. The highest BCUT2D eigenvalue weighted by Gasteiger charge is 2.03. The molecule has 0 spiro atoms. The summed E-state index contributed by atoms with van der Waals surface area (Å²) in [7, 11) is 4.00. The minimum atomic E-state index is 0.623. The Kier molecular flexibility index (Phi) is 17.7. The van der Waals surface area contributed by atoms with Crippen molar-refractivity contribution in [3.8, 4) is 0 Å². The van der Waals surface area contributed by atoms with E-state index < -0.39 is 0 Å². The van der Waals surface area contributed by atoms with Crippen LogP contribution in [0.25, 0.3) is 0 Å². The topological polar surface area (TPSA) is 113 Å². The van der Waals surface area contributed by atoms with Gasteiger partial charge in [0.05, 0.1) is 27.8 Å². The third kappa shape index (κ3) is 13.8. The molecular formula is C38H60N8O2S2. The normalized spacial score (nSPS) is 10.0.